The lowest BCUT2D eigenvalue weighted by Gasteiger charge is -2.21. The molecule has 5 heteroatoms. The molecule has 0 aromatic heterocycles. The average molecular weight is 360 g/mol. The fourth-order valence-electron chi connectivity index (χ4n) is 4.42. The minimum absolute atomic E-state index is 0.00781. The zero-order chi connectivity index (χ0) is 18.7. The van der Waals surface area contributed by atoms with E-state index in [9.17, 15) is 9.59 Å². The normalized spacial score (nSPS) is 25.9. The first-order chi connectivity index (χ1) is 12.5. The van der Waals surface area contributed by atoms with Gasteiger partial charge in [0.1, 0.15) is 5.78 Å². The summed E-state index contributed by atoms with van der Waals surface area (Å²) in [5.41, 5.74) is 1.03. The predicted molar refractivity (Wildman–Crippen MR) is 97.5 cm³/mol. The first kappa shape index (κ1) is 18.7. The number of ketones is 1. The van der Waals surface area contributed by atoms with Gasteiger partial charge >= 0.3 is 5.97 Å². The molecule has 0 bridgehead atoms. The third kappa shape index (κ3) is 3.87. The maximum atomic E-state index is 12.2. The largest absolute Gasteiger partial charge is 0.493 e. The van der Waals surface area contributed by atoms with Gasteiger partial charge in [0.25, 0.3) is 0 Å². The third-order valence-corrected chi connectivity index (χ3v) is 5.83. The van der Waals surface area contributed by atoms with E-state index in [2.05, 4.69) is 0 Å². The molecule has 1 unspecified atom stereocenters. The van der Waals surface area contributed by atoms with Gasteiger partial charge in [-0.1, -0.05) is 6.07 Å². The molecule has 0 spiro atoms. The van der Waals surface area contributed by atoms with Crippen LogP contribution in [-0.2, 0) is 14.3 Å². The molecule has 2 fully saturated rings. The number of carbonyl (C=O) groups excluding carboxylic acids is 2. The molecule has 0 saturated heterocycles. The lowest BCUT2D eigenvalue weighted by Crippen LogP contribution is -2.16. The molecular weight excluding hydrogens is 332 g/mol. The van der Waals surface area contributed by atoms with Gasteiger partial charge in [0, 0.05) is 5.92 Å². The van der Waals surface area contributed by atoms with Crippen LogP contribution in [0.3, 0.4) is 0 Å². The fraction of sp³-hybridized carbons (Fsp3) is 0.619. The number of carbonyl (C=O) groups is 2. The van der Waals surface area contributed by atoms with E-state index < -0.39 is 0 Å². The number of hydrogen-bond donors (Lipinski definition) is 0. The molecule has 3 atom stereocenters. The Hall–Kier alpha value is -2.04. The number of Topliss-reactive ketones (excluding diaryl/α,β-unsaturated/α-hetero) is 1. The summed E-state index contributed by atoms with van der Waals surface area (Å²) in [6.45, 7) is 1.61. The van der Waals surface area contributed by atoms with Gasteiger partial charge in [-0.05, 0) is 69.1 Å². The number of hydrogen-bond acceptors (Lipinski definition) is 5. The van der Waals surface area contributed by atoms with Crippen LogP contribution in [-0.4, -0.2) is 32.1 Å². The summed E-state index contributed by atoms with van der Waals surface area (Å²) in [7, 11) is 3.04. The Morgan fingerprint density at radius 1 is 1.04 bits per heavy atom. The van der Waals surface area contributed by atoms with Crippen molar-refractivity contribution in [2.75, 3.05) is 14.2 Å². The second kappa shape index (κ2) is 8.11. The summed E-state index contributed by atoms with van der Waals surface area (Å²) in [5.74, 6) is 0.967. The number of ether oxygens (including phenoxy) is 3. The highest BCUT2D eigenvalue weighted by atomic mass is 16.5. The first-order valence-electron chi connectivity index (χ1n) is 9.46. The van der Waals surface area contributed by atoms with Crippen LogP contribution in [0.1, 0.15) is 56.9 Å². The molecule has 2 aliphatic rings. The molecule has 26 heavy (non-hydrogen) atoms. The van der Waals surface area contributed by atoms with E-state index in [1.165, 1.54) is 20.0 Å². The second-order valence-electron chi connectivity index (χ2n) is 7.45. The molecule has 2 aliphatic carbocycles. The van der Waals surface area contributed by atoms with Crippen molar-refractivity contribution in [1.82, 2.24) is 0 Å². The van der Waals surface area contributed by atoms with E-state index in [0.29, 0.717) is 18.6 Å². The van der Waals surface area contributed by atoms with E-state index in [-0.39, 0.29) is 35.6 Å². The van der Waals surface area contributed by atoms with Gasteiger partial charge in [0.15, 0.2) is 11.5 Å². The zero-order valence-corrected chi connectivity index (χ0v) is 15.8. The van der Waals surface area contributed by atoms with E-state index in [0.717, 1.165) is 24.2 Å². The highest BCUT2D eigenvalue weighted by Gasteiger charge is 2.41. The Bertz CT molecular complexity index is 662. The minimum atomic E-state index is -0.227. The fourth-order valence-corrected chi connectivity index (χ4v) is 4.42. The maximum absolute atomic E-state index is 12.2. The van der Waals surface area contributed by atoms with Crippen molar-refractivity contribution in [3.63, 3.8) is 0 Å². The highest BCUT2D eigenvalue weighted by Crippen LogP contribution is 2.46. The maximum Gasteiger partial charge on any atom is 0.308 e. The molecule has 1 aromatic carbocycles. The second-order valence-corrected chi connectivity index (χ2v) is 7.45. The van der Waals surface area contributed by atoms with Crippen LogP contribution >= 0.6 is 0 Å². The van der Waals surface area contributed by atoms with Gasteiger partial charge in [-0.15, -0.1) is 0 Å². The summed E-state index contributed by atoms with van der Waals surface area (Å²) in [5, 5.41) is 0. The number of esters is 1. The summed E-state index contributed by atoms with van der Waals surface area (Å²) in [6.07, 6.45) is 5.94. The van der Waals surface area contributed by atoms with Gasteiger partial charge in [0.2, 0.25) is 0 Å². The minimum Gasteiger partial charge on any atom is -0.493 e. The van der Waals surface area contributed by atoms with Crippen LogP contribution in [0.5, 0.6) is 11.5 Å². The topological polar surface area (TPSA) is 61.8 Å². The van der Waals surface area contributed by atoms with Crippen molar-refractivity contribution >= 4 is 11.8 Å². The standard InChI is InChI=1S/C21H28O5/c1-13(22)17-10-15(21(23)25-3)11-18(17)14-8-9-19(24-2)20(12-14)26-16-6-4-5-7-16/h8-9,12,15-18H,4-7,10-11H2,1-3H3/t15?,17-,18+/m1/s1. The average Bonchev–Trinajstić information content (AvgIpc) is 3.30. The van der Waals surface area contributed by atoms with Gasteiger partial charge in [-0.2, -0.15) is 0 Å². The number of benzene rings is 1. The van der Waals surface area contributed by atoms with Crippen LogP contribution < -0.4 is 9.47 Å². The first-order valence-corrected chi connectivity index (χ1v) is 9.46. The van der Waals surface area contributed by atoms with Crippen molar-refractivity contribution in [2.45, 2.75) is 57.5 Å². The molecule has 0 heterocycles. The van der Waals surface area contributed by atoms with Crippen LogP contribution in [0, 0.1) is 11.8 Å². The Labute approximate surface area is 155 Å². The molecule has 0 amide bonds. The van der Waals surface area contributed by atoms with E-state index in [4.69, 9.17) is 14.2 Å². The van der Waals surface area contributed by atoms with Crippen LogP contribution in [0.15, 0.2) is 18.2 Å². The van der Waals surface area contributed by atoms with Crippen LogP contribution in [0.2, 0.25) is 0 Å². The van der Waals surface area contributed by atoms with Gasteiger partial charge in [-0.25, -0.2) is 0 Å². The number of methoxy groups -OCH3 is 2. The number of rotatable bonds is 6. The van der Waals surface area contributed by atoms with E-state index in [1.807, 2.05) is 18.2 Å². The van der Waals surface area contributed by atoms with Crippen molar-refractivity contribution in [2.24, 2.45) is 11.8 Å². The Balaban J connectivity index is 1.86. The molecule has 0 N–H and O–H groups in total. The van der Waals surface area contributed by atoms with Gasteiger partial charge in [0.05, 0.1) is 26.2 Å². The lowest BCUT2D eigenvalue weighted by atomic mass is 9.86. The van der Waals surface area contributed by atoms with Crippen molar-refractivity contribution < 1.29 is 23.8 Å². The summed E-state index contributed by atoms with van der Waals surface area (Å²) in [6, 6.07) is 5.89. The zero-order valence-electron chi connectivity index (χ0n) is 15.8. The molecule has 2 saturated carbocycles. The summed E-state index contributed by atoms with van der Waals surface area (Å²) in [4.78, 5) is 24.1. The SMILES string of the molecule is COC(=O)C1C[C@H](C(C)=O)[C@H](c2ccc(OC)c(OC3CCCC3)c2)C1. The molecule has 3 rings (SSSR count). The molecule has 1 aromatic rings. The molecule has 0 aliphatic heterocycles. The molecule has 0 radical (unpaired) electrons. The Morgan fingerprint density at radius 2 is 1.77 bits per heavy atom. The van der Waals surface area contributed by atoms with Crippen LogP contribution in [0.4, 0.5) is 0 Å². The Kier molecular flexibility index (Phi) is 5.84. The molecule has 142 valence electrons. The van der Waals surface area contributed by atoms with E-state index in [1.54, 1.807) is 14.0 Å². The predicted octanol–water partition coefficient (Wildman–Crippen LogP) is 3.89. The van der Waals surface area contributed by atoms with Crippen molar-refractivity contribution in [3.05, 3.63) is 23.8 Å². The highest BCUT2D eigenvalue weighted by molar-refractivity contribution is 5.82. The summed E-state index contributed by atoms with van der Waals surface area (Å²) >= 11 is 0. The quantitative estimate of drug-likeness (QED) is 0.720. The third-order valence-electron chi connectivity index (χ3n) is 5.83. The lowest BCUT2D eigenvalue weighted by molar-refractivity contribution is -0.145. The van der Waals surface area contributed by atoms with Crippen molar-refractivity contribution in [1.29, 1.82) is 0 Å². The molecule has 5 nitrogen and oxygen atoms in total. The van der Waals surface area contributed by atoms with Crippen molar-refractivity contribution in [3.8, 4) is 11.5 Å². The van der Waals surface area contributed by atoms with Gasteiger partial charge < -0.3 is 14.2 Å². The Morgan fingerprint density at radius 3 is 2.38 bits per heavy atom. The smallest absolute Gasteiger partial charge is 0.308 e. The summed E-state index contributed by atoms with van der Waals surface area (Å²) < 4.78 is 16.5. The monoisotopic (exact) mass is 360 g/mol. The molecular formula is C21H28O5. The van der Waals surface area contributed by atoms with E-state index >= 15 is 0 Å². The van der Waals surface area contributed by atoms with Crippen LogP contribution in [0.25, 0.3) is 0 Å². The van der Waals surface area contributed by atoms with Gasteiger partial charge in [-0.3, -0.25) is 9.59 Å².